The number of benzene rings is 1. The van der Waals surface area contributed by atoms with Gasteiger partial charge in [0.1, 0.15) is 0 Å². The average molecular weight is 314 g/mol. The molecule has 2 aliphatic heterocycles. The van der Waals surface area contributed by atoms with Crippen molar-refractivity contribution in [1.82, 2.24) is 4.90 Å². The van der Waals surface area contributed by atoms with Gasteiger partial charge in [-0.2, -0.15) is 0 Å². The number of hydrogen-bond donors (Lipinski definition) is 0. The van der Waals surface area contributed by atoms with Gasteiger partial charge < -0.3 is 9.64 Å². The molecule has 1 saturated heterocycles. The van der Waals surface area contributed by atoms with E-state index in [1.54, 1.807) is 0 Å². The van der Waals surface area contributed by atoms with E-state index in [2.05, 4.69) is 0 Å². The van der Waals surface area contributed by atoms with Crippen molar-refractivity contribution in [3.8, 4) is 0 Å². The van der Waals surface area contributed by atoms with Gasteiger partial charge in [-0.1, -0.05) is 18.2 Å². The quantitative estimate of drug-likeness (QED) is 0.797. The molecule has 5 heteroatoms. The van der Waals surface area contributed by atoms with Crippen LogP contribution in [0, 0.1) is 5.92 Å². The summed E-state index contributed by atoms with van der Waals surface area (Å²) in [6.07, 6.45) is 3.28. The first kappa shape index (κ1) is 15.7. The molecule has 1 fully saturated rings. The van der Waals surface area contributed by atoms with E-state index in [-0.39, 0.29) is 11.8 Å². The molecular formula is C18H22N2O3. The lowest BCUT2D eigenvalue weighted by Gasteiger charge is -2.26. The van der Waals surface area contributed by atoms with E-state index in [1.807, 2.05) is 43.3 Å². The summed E-state index contributed by atoms with van der Waals surface area (Å²) in [7, 11) is 3.86. The Morgan fingerprint density at radius 2 is 1.87 bits per heavy atom. The highest BCUT2D eigenvalue weighted by atomic mass is 16.5. The van der Waals surface area contributed by atoms with Crippen LogP contribution >= 0.6 is 0 Å². The Labute approximate surface area is 136 Å². The number of hydrogen-bond acceptors (Lipinski definition) is 4. The zero-order valence-corrected chi connectivity index (χ0v) is 13.6. The minimum Gasteiger partial charge on any atom is -0.381 e. The molecular weight excluding hydrogens is 292 g/mol. The van der Waals surface area contributed by atoms with Gasteiger partial charge in [-0.25, -0.2) is 0 Å². The first-order chi connectivity index (χ1) is 11.1. The second-order valence-corrected chi connectivity index (χ2v) is 6.28. The maximum atomic E-state index is 12.8. The summed E-state index contributed by atoms with van der Waals surface area (Å²) < 4.78 is 5.34. The summed E-state index contributed by atoms with van der Waals surface area (Å²) >= 11 is 0. The van der Waals surface area contributed by atoms with Crippen molar-refractivity contribution in [2.24, 2.45) is 5.92 Å². The molecule has 3 rings (SSSR count). The van der Waals surface area contributed by atoms with Crippen molar-refractivity contribution in [3.63, 3.8) is 0 Å². The summed E-state index contributed by atoms with van der Waals surface area (Å²) in [6.45, 7) is 1.92. The van der Waals surface area contributed by atoms with E-state index >= 15 is 0 Å². The van der Waals surface area contributed by atoms with Gasteiger partial charge in [-0.3, -0.25) is 14.5 Å². The highest BCUT2D eigenvalue weighted by Gasteiger charge is 2.34. The van der Waals surface area contributed by atoms with Gasteiger partial charge in [0.05, 0.1) is 5.57 Å². The topological polar surface area (TPSA) is 49.9 Å². The van der Waals surface area contributed by atoms with Crippen molar-refractivity contribution in [2.45, 2.75) is 12.8 Å². The molecule has 122 valence electrons. The lowest BCUT2D eigenvalue weighted by molar-refractivity contribution is -0.137. The van der Waals surface area contributed by atoms with Crippen LogP contribution in [0.2, 0.25) is 0 Å². The number of carbonyl (C=O) groups excluding carboxylic acids is 2. The predicted molar refractivity (Wildman–Crippen MR) is 89.0 cm³/mol. The van der Waals surface area contributed by atoms with Crippen LogP contribution in [0.15, 0.2) is 30.3 Å². The first-order valence-corrected chi connectivity index (χ1v) is 8.00. The molecule has 0 unspecified atom stereocenters. The van der Waals surface area contributed by atoms with Crippen LogP contribution in [-0.4, -0.2) is 50.6 Å². The molecule has 0 aliphatic carbocycles. The van der Waals surface area contributed by atoms with E-state index in [0.29, 0.717) is 31.2 Å². The second-order valence-electron chi connectivity index (χ2n) is 6.28. The number of amides is 2. The molecule has 0 radical (unpaired) electrons. The highest BCUT2D eigenvalue weighted by Crippen LogP contribution is 2.31. The molecule has 0 spiro atoms. The molecule has 0 saturated carbocycles. The lowest BCUT2D eigenvalue weighted by atomic mass is 9.99. The van der Waals surface area contributed by atoms with Crippen molar-refractivity contribution in [3.05, 3.63) is 35.9 Å². The third kappa shape index (κ3) is 3.15. The summed E-state index contributed by atoms with van der Waals surface area (Å²) in [4.78, 5) is 28.4. The van der Waals surface area contributed by atoms with Crippen LogP contribution in [0.4, 0.5) is 5.69 Å². The fourth-order valence-corrected chi connectivity index (χ4v) is 3.15. The fourth-order valence-electron chi connectivity index (χ4n) is 3.15. The lowest BCUT2D eigenvalue weighted by Crippen LogP contribution is -2.37. The number of nitrogens with zero attached hydrogens (tertiary/aromatic N) is 2. The molecule has 5 nitrogen and oxygen atoms in total. The Kier molecular flexibility index (Phi) is 4.48. The Morgan fingerprint density at radius 1 is 1.17 bits per heavy atom. The van der Waals surface area contributed by atoms with Crippen LogP contribution in [0.1, 0.15) is 18.4 Å². The number of anilines is 1. The fraction of sp³-hybridized carbons (Fsp3) is 0.444. The number of ether oxygens (including phenoxy) is 1. The van der Waals surface area contributed by atoms with Crippen LogP contribution < -0.4 is 4.90 Å². The van der Waals surface area contributed by atoms with Gasteiger partial charge in [0.25, 0.3) is 11.8 Å². The highest BCUT2D eigenvalue weighted by molar-refractivity contribution is 6.34. The molecule has 0 N–H and O–H groups in total. The summed E-state index contributed by atoms with van der Waals surface area (Å²) in [5.41, 5.74) is 2.24. The predicted octanol–water partition coefficient (Wildman–Crippen LogP) is 1.93. The number of rotatable bonds is 4. The number of imide groups is 1. The van der Waals surface area contributed by atoms with Crippen molar-refractivity contribution >= 4 is 23.1 Å². The minimum atomic E-state index is -0.204. The molecule has 2 aliphatic rings. The summed E-state index contributed by atoms with van der Waals surface area (Å²) in [6, 6.07) is 7.67. The van der Waals surface area contributed by atoms with Crippen LogP contribution in [0.5, 0.6) is 0 Å². The molecule has 23 heavy (non-hydrogen) atoms. The molecule has 0 aromatic heterocycles. The standard InChI is InChI=1S/C18H22N2O3/c1-19(2)16-6-4-3-5-14(16)15-11-17(21)20(18(15)22)12-13-7-9-23-10-8-13/h3-6,11,13H,7-10,12H2,1-2H3. The third-order valence-electron chi connectivity index (χ3n) is 4.47. The SMILES string of the molecule is CN(C)c1ccccc1C1=CC(=O)N(CC2CCOCC2)C1=O. The molecule has 0 atom stereocenters. The Morgan fingerprint density at radius 3 is 2.57 bits per heavy atom. The van der Waals surface area contributed by atoms with Crippen LogP contribution in [0.25, 0.3) is 5.57 Å². The summed E-state index contributed by atoms with van der Waals surface area (Å²) in [5, 5.41) is 0. The van der Waals surface area contributed by atoms with Gasteiger partial charge in [-0.05, 0) is 24.8 Å². The number of carbonyl (C=O) groups is 2. The zero-order valence-electron chi connectivity index (χ0n) is 13.6. The smallest absolute Gasteiger partial charge is 0.261 e. The van der Waals surface area contributed by atoms with Gasteiger partial charge in [0, 0.05) is 51.2 Å². The van der Waals surface area contributed by atoms with E-state index in [0.717, 1.165) is 24.1 Å². The Balaban J connectivity index is 1.81. The van der Waals surface area contributed by atoms with E-state index < -0.39 is 0 Å². The maximum absolute atomic E-state index is 12.8. The number of para-hydroxylation sites is 1. The van der Waals surface area contributed by atoms with Crippen LogP contribution in [-0.2, 0) is 14.3 Å². The largest absolute Gasteiger partial charge is 0.381 e. The van der Waals surface area contributed by atoms with Crippen molar-refractivity contribution < 1.29 is 14.3 Å². The third-order valence-corrected chi connectivity index (χ3v) is 4.47. The molecule has 2 amide bonds. The average Bonchev–Trinajstić information content (AvgIpc) is 2.84. The molecule has 1 aromatic rings. The summed E-state index contributed by atoms with van der Waals surface area (Å²) in [5.74, 6) is -0.0469. The van der Waals surface area contributed by atoms with Gasteiger partial charge in [0.2, 0.25) is 0 Å². The Hall–Kier alpha value is -2.14. The normalized spacial score (nSPS) is 19.2. The molecule has 0 bridgehead atoms. The van der Waals surface area contributed by atoms with E-state index in [1.165, 1.54) is 11.0 Å². The van der Waals surface area contributed by atoms with Crippen LogP contribution in [0.3, 0.4) is 0 Å². The first-order valence-electron chi connectivity index (χ1n) is 8.00. The van der Waals surface area contributed by atoms with Gasteiger partial charge in [-0.15, -0.1) is 0 Å². The molecule has 2 heterocycles. The minimum absolute atomic E-state index is 0.184. The van der Waals surface area contributed by atoms with Crippen molar-refractivity contribution in [2.75, 3.05) is 38.8 Å². The second kappa shape index (κ2) is 6.54. The monoisotopic (exact) mass is 314 g/mol. The van der Waals surface area contributed by atoms with Gasteiger partial charge >= 0.3 is 0 Å². The zero-order chi connectivity index (χ0) is 16.4. The maximum Gasteiger partial charge on any atom is 0.261 e. The van der Waals surface area contributed by atoms with Crippen molar-refractivity contribution in [1.29, 1.82) is 0 Å². The Bertz CT molecular complexity index is 645. The van der Waals surface area contributed by atoms with E-state index in [4.69, 9.17) is 4.74 Å². The van der Waals surface area contributed by atoms with Gasteiger partial charge in [0.15, 0.2) is 0 Å². The molecule has 1 aromatic carbocycles. The van der Waals surface area contributed by atoms with E-state index in [9.17, 15) is 9.59 Å².